The Hall–Kier alpha value is -3.80. The van der Waals surface area contributed by atoms with Gasteiger partial charge in [0.15, 0.2) is 5.78 Å². The van der Waals surface area contributed by atoms with E-state index >= 15 is 0 Å². The van der Waals surface area contributed by atoms with E-state index in [1.165, 1.54) is 12.1 Å². The number of benzene rings is 2. The summed E-state index contributed by atoms with van der Waals surface area (Å²) in [6.45, 7) is 0. The summed E-state index contributed by atoms with van der Waals surface area (Å²) in [6, 6.07) is 14.4. The Kier molecular flexibility index (Phi) is 3.99. The Labute approximate surface area is 178 Å². The molecule has 2 aromatic carbocycles. The van der Waals surface area contributed by atoms with E-state index in [0.29, 0.717) is 12.0 Å². The number of nitrogens with zero attached hydrogens (tertiary/aromatic N) is 2. The summed E-state index contributed by atoms with van der Waals surface area (Å²) in [5, 5.41) is 11.9. The van der Waals surface area contributed by atoms with Gasteiger partial charge in [0.1, 0.15) is 5.82 Å². The monoisotopic (exact) mass is 410 g/mol. The summed E-state index contributed by atoms with van der Waals surface area (Å²) in [7, 11) is 0. The van der Waals surface area contributed by atoms with Gasteiger partial charge in [0.05, 0.1) is 17.4 Å². The molecule has 152 valence electrons. The van der Waals surface area contributed by atoms with Crippen LogP contribution in [0.1, 0.15) is 36.3 Å². The second-order valence-electron chi connectivity index (χ2n) is 8.03. The molecule has 0 saturated carbocycles. The molecule has 1 aliphatic carbocycles. The largest absolute Gasteiger partial charge is 0.358 e. The first-order chi connectivity index (χ1) is 15.2. The van der Waals surface area contributed by atoms with Crippen LogP contribution in [0.25, 0.3) is 22.2 Å². The summed E-state index contributed by atoms with van der Waals surface area (Å²) in [5.41, 5.74) is 6.92. The first-order valence-electron chi connectivity index (χ1n) is 10.4. The summed E-state index contributed by atoms with van der Waals surface area (Å²) in [4.78, 5) is 17.7. The van der Waals surface area contributed by atoms with Crippen molar-refractivity contribution in [1.82, 2.24) is 15.2 Å². The van der Waals surface area contributed by atoms with Crippen molar-refractivity contribution in [1.29, 1.82) is 0 Å². The van der Waals surface area contributed by atoms with Crippen LogP contribution in [0, 0.1) is 5.82 Å². The molecule has 0 spiro atoms. The molecule has 2 aromatic heterocycles. The van der Waals surface area contributed by atoms with Gasteiger partial charge in [-0.3, -0.25) is 14.9 Å². The van der Waals surface area contributed by atoms with Gasteiger partial charge < -0.3 is 5.32 Å². The zero-order valence-electron chi connectivity index (χ0n) is 16.7. The van der Waals surface area contributed by atoms with E-state index in [4.69, 9.17) is 0 Å². The lowest BCUT2D eigenvalue weighted by Crippen LogP contribution is -2.27. The Morgan fingerprint density at radius 1 is 1.06 bits per heavy atom. The molecule has 5 nitrogen and oxygen atoms in total. The molecule has 1 atom stereocenters. The molecule has 6 heteroatoms. The number of nitrogens with one attached hydrogen (secondary N) is 2. The molecule has 3 heterocycles. The van der Waals surface area contributed by atoms with E-state index in [0.717, 1.165) is 57.5 Å². The third-order valence-electron chi connectivity index (χ3n) is 6.24. The summed E-state index contributed by atoms with van der Waals surface area (Å²) in [6.07, 6.45) is 5.73. The zero-order chi connectivity index (χ0) is 20.9. The third kappa shape index (κ3) is 2.79. The lowest BCUT2D eigenvalue weighted by atomic mass is 9.74. The smallest absolute Gasteiger partial charge is 0.161 e. The summed E-state index contributed by atoms with van der Waals surface area (Å²) in [5.74, 6) is -0.465. The van der Waals surface area contributed by atoms with E-state index in [1.807, 2.05) is 30.3 Å². The standard InChI is InChI=1S/C25H19FN4O/c26-15-5-1-4-14(12-15)25-17(13-28-30-25)23-22-16-6-3-11-27-18(16)9-10-20(22)29-19-7-2-8-21(31)24(19)23/h1,3-6,9-13,23,29H,2,7-8H2,(H,28,30). The Morgan fingerprint density at radius 2 is 2.00 bits per heavy atom. The van der Waals surface area contributed by atoms with Gasteiger partial charge in [-0.1, -0.05) is 18.2 Å². The minimum atomic E-state index is -0.313. The number of aromatic nitrogens is 3. The molecule has 6 rings (SSSR count). The van der Waals surface area contributed by atoms with Gasteiger partial charge in [0.25, 0.3) is 0 Å². The number of anilines is 1. The second-order valence-corrected chi connectivity index (χ2v) is 8.03. The van der Waals surface area contributed by atoms with Crippen LogP contribution in [-0.2, 0) is 4.79 Å². The van der Waals surface area contributed by atoms with Crippen LogP contribution in [0.3, 0.4) is 0 Å². The number of halogens is 1. The van der Waals surface area contributed by atoms with Gasteiger partial charge in [0, 0.05) is 52.0 Å². The number of carbonyl (C=O) groups excluding carboxylic acids is 1. The number of ketones is 1. The van der Waals surface area contributed by atoms with Crippen LogP contribution < -0.4 is 5.32 Å². The Bertz CT molecular complexity index is 1390. The highest BCUT2D eigenvalue weighted by Gasteiger charge is 2.38. The maximum absolute atomic E-state index is 14.0. The van der Waals surface area contributed by atoms with E-state index in [9.17, 15) is 9.18 Å². The highest BCUT2D eigenvalue weighted by atomic mass is 19.1. The quantitative estimate of drug-likeness (QED) is 0.469. The molecule has 0 amide bonds. The first kappa shape index (κ1) is 18.0. The predicted molar refractivity (Wildman–Crippen MR) is 117 cm³/mol. The highest BCUT2D eigenvalue weighted by Crippen LogP contribution is 2.49. The number of fused-ring (bicyclic) bond motifs is 3. The molecule has 0 saturated heterocycles. The van der Waals surface area contributed by atoms with Gasteiger partial charge in [-0.15, -0.1) is 0 Å². The average Bonchev–Trinajstić information content (AvgIpc) is 3.27. The number of H-pyrrole nitrogens is 1. The van der Waals surface area contributed by atoms with Crippen molar-refractivity contribution in [2.24, 2.45) is 0 Å². The molecule has 31 heavy (non-hydrogen) atoms. The van der Waals surface area contributed by atoms with Crippen LogP contribution in [-0.4, -0.2) is 21.0 Å². The normalized spacial score (nSPS) is 18.0. The first-order valence-corrected chi connectivity index (χ1v) is 10.4. The van der Waals surface area contributed by atoms with Crippen LogP contribution in [0.15, 0.2) is 72.2 Å². The number of carbonyl (C=O) groups is 1. The molecule has 1 unspecified atom stereocenters. The van der Waals surface area contributed by atoms with E-state index in [-0.39, 0.29) is 17.5 Å². The number of Topliss-reactive ketones (excluding diaryl/α,β-unsaturated/α-hetero) is 1. The summed E-state index contributed by atoms with van der Waals surface area (Å²) >= 11 is 0. The van der Waals surface area contributed by atoms with Gasteiger partial charge in [0.2, 0.25) is 0 Å². The minimum absolute atomic E-state index is 0.150. The Balaban J connectivity index is 1.66. The number of allylic oxidation sites excluding steroid dienone is 2. The number of rotatable bonds is 2. The number of aromatic amines is 1. The van der Waals surface area contributed by atoms with E-state index in [2.05, 4.69) is 20.5 Å². The van der Waals surface area contributed by atoms with Crippen LogP contribution >= 0.6 is 0 Å². The number of hydrogen-bond donors (Lipinski definition) is 2. The van der Waals surface area contributed by atoms with Crippen LogP contribution in [0.2, 0.25) is 0 Å². The van der Waals surface area contributed by atoms with Gasteiger partial charge >= 0.3 is 0 Å². The topological polar surface area (TPSA) is 70.7 Å². The fourth-order valence-electron chi connectivity index (χ4n) is 4.93. The van der Waals surface area contributed by atoms with Crippen molar-refractivity contribution in [3.63, 3.8) is 0 Å². The maximum Gasteiger partial charge on any atom is 0.161 e. The molecule has 0 bridgehead atoms. The lowest BCUT2D eigenvalue weighted by molar-refractivity contribution is -0.116. The zero-order valence-corrected chi connectivity index (χ0v) is 16.7. The number of pyridine rings is 1. The van der Waals surface area contributed by atoms with Crippen LogP contribution in [0.5, 0.6) is 0 Å². The van der Waals surface area contributed by atoms with Crippen molar-refractivity contribution < 1.29 is 9.18 Å². The fourth-order valence-corrected chi connectivity index (χ4v) is 4.93. The maximum atomic E-state index is 14.0. The minimum Gasteiger partial charge on any atom is -0.358 e. The Morgan fingerprint density at radius 3 is 2.90 bits per heavy atom. The second kappa shape index (κ2) is 6.87. The lowest BCUT2D eigenvalue weighted by Gasteiger charge is -2.34. The van der Waals surface area contributed by atoms with E-state index in [1.54, 1.807) is 18.5 Å². The fraction of sp³-hybridized carbons (Fsp3) is 0.160. The average molecular weight is 410 g/mol. The van der Waals surface area contributed by atoms with Crippen molar-refractivity contribution in [3.8, 4) is 11.3 Å². The van der Waals surface area contributed by atoms with Crippen molar-refractivity contribution in [3.05, 3.63) is 89.1 Å². The third-order valence-corrected chi connectivity index (χ3v) is 6.24. The van der Waals surface area contributed by atoms with Crippen molar-refractivity contribution in [2.75, 3.05) is 5.32 Å². The van der Waals surface area contributed by atoms with Gasteiger partial charge in [-0.25, -0.2) is 4.39 Å². The molecular formula is C25H19FN4O. The SMILES string of the molecule is O=C1CCCC2=C1C(c1cn[nH]c1-c1cccc(F)c1)c1c(ccc3ncccc13)N2. The van der Waals surface area contributed by atoms with Gasteiger partial charge in [-0.05, 0) is 48.7 Å². The predicted octanol–water partition coefficient (Wildman–Crippen LogP) is 5.33. The van der Waals surface area contributed by atoms with Crippen LogP contribution in [0.4, 0.5) is 10.1 Å². The van der Waals surface area contributed by atoms with Gasteiger partial charge in [-0.2, -0.15) is 5.10 Å². The number of hydrogen-bond acceptors (Lipinski definition) is 4. The molecular weight excluding hydrogens is 391 g/mol. The van der Waals surface area contributed by atoms with E-state index < -0.39 is 0 Å². The molecule has 4 aromatic rings. The summed E-state index contributed by atoms with van der Waals surface area (Å²) < 4.78 is 14.0. The molecule has 0 fully saturated rings. The molecule has 0 radical (unpaired) electrons. The molecule has 1 aliphatic heterocycles. The van der Waals surface area contributed by atoms with Crippen molar-refractivity contribution >= 4 is 22.4 Å². The van der Waals surface area contributed by atoms with Crippen molar-refractivity contribution in [2.45, 2.75) is 25.2 Å². The molecule has 2 N–H and O–H groups in total. The molecule has 2 aliphatic rings. The highest BCUT2D eigenvalue weighted by molar-refractivity contribution is 6.04.